The summed E-state index contributed by atoms with van der Waals surface area (Å²) in [5, 5.41) is 3.32. The van der Waals surface area contributed by atoms with E-state index >= 15 is 0 Å². The van der Waals surface area contributed by atoms with Crippen LogP contribution in [-0.4, -0.2) is 54.8 Å². The maximum Gasteiger partial charge on any atom is 0.161 e. The van der Waals surface area contributed by atoms with Crippen molar-refractivity contribution in [2.24, 2.45) is 0 Å². The second-order valence-electron chi connectivity index (χ2n) is 5.22. The molecule has 1 fully saturated rings. The summed E-state index contributed by atoms with van der Waals surface area (Å²) >= 11 is 0. The average molecular weight is 294 g/mol. The summed E-state index contributed by atoms with van der Waals surface area (Å²) in [6, 6.07) is 1.95. The number of methoxy groups -OCH3 is 1. The third kappa shape index (κ3) is 4.62. The first-order chi connectivity index (χ1) is 10.3. The Bertz CT molecular complexity index is 442. The second kappa shape index (κ2) is 8.26. The maximum atomic E-state index is 5.85. The number of aromatic nitrogens is 2. The molecule has 0 amide bonds. The van der Waals surface area contributed by atoms with Crippen molar-refractivity contribution >= 4 is 5.82 Å². The smallest absolute Gasteiger partial charge is 0.161 e. The van der Waals surface area contributed by atoms with Crippen LogP contribution in [0.1, 0.15) is 37.9 Å². The first kappa shape index (κ1) is 16.1. The molecule has 0 bridgehead atoms. The van der Waals surface area contributed by atoms with Crippen molar-refractivity contribution in [1.82, 2.24) is 14.9 Å². The number of ether oxygens (including phenoxy) is 2. The molecule has 0 aromatic carbocycles. The molecule has 2 rings (SSSR count). The third-order valence-corrected chi connectivity index (χ3v) is 3.53. The zero-order valence-electron chi connectivity index (χ0n) is 13.3. The van der Waals surface area contributed by atoms with Gasteiger partial charge in [-0.15, -0.1) is 0 Å². The molecule has 1 unspecified atom stereocenters. The predicted molar refractivity (Wildman–Crippen MR) is 82.3 cm³/mol. The molecular weight excluding hydrogens is 268 g/mol. The van der Waals surface area contributed by atoms with Crippen LogP contribution in [0.3, 0.4) is 0 Å². The summed E-state index contributed by atoms with van der Waals surface area (Å²) in [4.78, 5) is 11.6. The van der Waals surface area contributed by atoms with Gasteiger partial charge in [0.1, 0.15) is 11.9 Å². The molecule has 1 aliphatic rings. The summed E-state index contributed by atoms with van der Waals surface area (Å²) < 4.78 is 11.1. The van der Waals surface area contributed by atoms with E-state index in [2.05, 4.69) is 34.0 Å². The fourth-order valence-corrected chi connectivity index (χ4v) is 2.37. The molecule has 0 saturated carbocycles. The molecule has 21 heavy (non-hydrogen) atoms. The Kier molecular flexibility index (Phi) is 6.35. The van der Waals surface area contributed by atoms with E-state index in [0.717, 1.165) is 56.5 Å². The number of anilines is 1. The predicted octanol–water partition coefficient (Wildman–Crippen LogP) is 1.84. The first-order valence-electron chi connectivity index (χ1n) is 7.71. The molecule has 118 valence electrons. The highest BCUT2D eigenvalue weighted by Gasteiger charge is 2.24. The van der Waals surface area contributed by atoms with Gasteiger partial charge in [0.05, 0.1) is 18.9 Å². The lowest BCUT2D eigenvalue weighted by molar-refractivity contribution is -0.0327. The van der Waals surface area contributed by atoms with Gasteiger partial charge in [0, 0.05) is 32.8 Å². The van der Waals surface area contributed by atoms with Crippen molar-refractivity contribution in [1.29, 1.82) is 0 Å². The van der Waals surface area contributed by atoms with Crippen molar-refractivity contribution < 1.29 is 9.47 Å². The van der Waals surface area contributed by atoms with Gasteiger partial charge in [-0.2, -0.15) is 0 Å². The number of morpholine rings is 1. The SMILES string of the molecule is CCCNc1cc(COC)nc(C2CN(CC)CCO2)n1. The van der Waals surface area contributed by atoms with Gasteiger partial charge in [0.15, 0.2) is 5.82 Å². The summed E-state index contributed by atoms with van der Waals surface area (Å²) in [6.07, 6.45) is 1.00. The maximum absolute atomic E-state index is 5.85. The van der Waals surface area contributed by atoms with E-state index in [1.54, 1.807) is 7.11 Å². The van der Waals surface area contributed by atoms with E-state index in [1.807, 2.05) is 6.07 Å². The number of nitrogens with zero attached hydrogens (tertiary/aromatic N) is 3. The molecule has 1 aromatic rings. The summed E-state index contributed by atoms with van der Waals surface area (Å²) in [6.45, 7) is 9.27. The first-order valence-corrected chi connectivity index (χ1v) is 7.71. The zero-order chi connectivity index (χ0) is 15.1. The molecule has 6 nitrogen and oxygen atoms in total. The number of hydrogen-bond donors (Lipinski definition) is 1. The van der Waals surface area contributed by atoms with Gasteiger partial charge in [-0.25, -0.2) is 9.97 Å². The molecular formula is C15H26N4O2. The van der Waals surface area contributed by atoms with Crippen LogP contribution in [0.2, 0.25) is 0 Å². The lowest BCUT2D eigenvalue weighted by atomic mass is 10.2. The van der Waals surface area contributed by atoms with Crippen LogP contribution in [0.25, 0.3) is 0 Å². The van der Waals surface area contributed by atoms with E-state index in [-0.39, 0.29) is 6.10 Å². The van der Waals surface area contributed by atoms with E-state index in [1.165, 1.54) is 0 Å². The van der Waals surface area contributed by atoms with Gasteiger partial charge in [-0.3, -0.25) is 4.90 Å². The quantitative estimate of drug-likeness (QED) is 0.828. The monoisotopic (exact) mass is 294 g/mol. The number of rotatable bonds is 7. The van der Waals surface area contributed by atoms with Crippen LogP contribution in [0.5, 0.6) is 0 Å². The Morgan fingerprint density at radius 1 is 1.43 bits per heavy atom. The van der Waals surface area contributed by atoms with Crippen LogP contribution in [-0.2, 0) is 16.1 Å². The molecule has 0 aliphatic carbocycles. The Hall–Kier alpha value is -1.24. The van der Waals surface area contributed by atoms with Gasteiger partial charge in [-0.05, 0) is 13.0 Å². The normalized spacial score (nSPS) is 19.7. The number of likely N-dealkylation sites (N-methyl/N-ethyl adjacent to an activating group) is 1. The molecule has 1 saturated heterocycles. The zero-order valence-corrected chi connectivity index (χ0v) is 13.3. The van der Waals surface area contributed by atoms with Gasteiger partial charge >= 0.3 is 0 Å². The van der Waals surface area contributed by atoms with E-state index in [4.69, 9.17) is 9.47 Å². The van der Waals surface area contributed by atoms with E-state index in [9.17, 15) is 0 Å². The van der Waals surface area contributed by atoms with Crippen molar-refractivity contribution in [3.63, 3.8) is 0 Å². The Balaban J connectivity index is 2.17. The Morgan fingerprint density at radius 2 is 2.29 bits per heavy atom. The van der Waals surface area contributed by atoms with Crippen LogP contribution in [0.4, 0.5) is 5.82 Å². The molecule has 1 N–H and O–H groups in total. The molecule has 6 heteroatoms. The Morgan fingerprint density at radius 3 is 3.00 bits per heavy atom. The molecule has 0 radical (unpaired) electrons. The topological polar surface area (TPSA) is 59.5 Å². The Labute approximate surface area is 126 Å². The number of hydrogen-bond acceptors (Lipinski definition) is 6. The number of nitrogens with one attached hydrogen (secondary N) is 1. The molecule has 1 aliphatic heterocycles. The van der Waals surface area contributed by atoms with E-state index < -0.39 is 0 Å². The van der Waals surface area contributed by atoms with Gasteiger partial charge < -0.3 is 14.8 Å². The van der Waals surface area contributed by atoms with Crippen LogP contribution in [0.15, 0.2) is 6.07 Å². The fourth-order valence-electron chi connectivity index (χ4n) is 2.37. The van der Waals surface area contributed by atoms with Gasteiger partial charge in [0.25, 0.3) is 0 Å². The molecule has 0 spiro atoms. The lowest BCUT2D eigenvalue weighted by Gasteiger charge is -2.31. The van der Waals surface area contributed by atoms with Crippen LogP contribution >= 0.6 is 0 Å². The minimum Gasteiger partial charge on any atom is -0.378 e. The van der Waals surface area contributed by atoms with Gasteiger partial charge in [-0.1, -0.05) is 13.8 Å². The minimum absolute atomic E-state index is 0.0577. The molecule has 1 aromatic heterocycles. The second-order valence-corrected chi connectivity index (χ2v) is 5.22. The van der Waals surface area contributed by atoms with Gasteiger partial charge in [0.2, 0.25) is 0 Å². The van der Waals surface area contributed by atoms with E-state index in [0.29, 0.717) is 6.61 Å². The van der Waals surface area contributed by atoms with Crippen molar-refractivity contribution in [2.75, 3.05) is 45.2 Å². The summed E-state index contributed by atoms with van der Waals surface area (Å²) in [7, 11) is 1.68. The van der Waals surface area contributed by atoms with Crippen molar-refractivity contribution in [3.05, 3.63) is 17.6 Å². The average Bonchev–Trinajstić information content (AvgIpc) is 2.53. The lowest BCUT2D eigenvalue weighted by Crippen LogP contribution is -2.38. The van der Waals surface area contributed by atoms with Crippen molar-refractivity contribution in [2.45, 2.75) is 33.0 Å². The van der Waals surface area contributed by atoms with Crippen LogP contribution in [0, 0.1) is 0 Å². The largest absolute Gasteiger partial charge is 0.378 e. The highest BCUT2D eigenvalue weighted by molar-refractivity contribution is 5.36. The standard InChI is InChI=1S/C15H26N4O2/c1-4-6-16-14-9-12(11-20-3)17-15(18-14)13-10-19(5-2)7-8-21-13/h9,13H,4-8,10-11H2,1-3H3,(H,16,17,18). The highest BCUT2D eigenvalue weighted by atomic mass is 16.5. The third-order valence-electron chi connectivity index (χ3n) is 3.53. The van der Waals surface area contributed by atoms with Crippen LogP contribution < -0.4 is 5.32 Å². The van der Waals surface area contributed by atoms with Crippen molar-refractivity contribution in [3.8, 4) is 0 Å². The molecule has 1 atom stereocenters. The summed E-state index contributed by atoms with van der Waals surface area (Å²) in [5.41, 5.74) is 0.887. The highest BCUT2D eigenvalue weighted by Crippen LogP contribution is 2.21. The fraction of sp³-hybridized carbons (Fsp3) is 0.733. The minimum atomic E-state index is -0.0577. The summed E-state index contributed by atoms with van der Waals surface area (Å²) in [5.74, 6) is 1.60. The molecule has 2 heterocycles.